The Hall–Kier alpha value is -2.98. The fourth-order valence-corrected chi connectivity index (χ4v) is 3.16. The Morgan fingerprint density at radius 3 is 2.81 bits per heavy atom. The molecule has 26 heavy (non-hydrogen) atoms. The normalized spacial score (nSPS) is 18.0. The maximum Gasteiger partial charge on any atom is 0.453 e. The van der Waals surface area contributed by atoms with Crippen molar-refractivity contribution in [1.82, 2.24) is 29.6 Å². The number of halogens is 3. The molecule has 0 N–H and O–H groups in total. The van der Waals surface area contributed by atoms with Crippen LogP contribution >= 0.6 is 0 Å². The summed E-state index contributed by atoms with van der Waals surface area (Å²) in [7, 11) is 0. The van der Waals surface area contributed by atoms with Gasteiger partial charge in [-0.15, -0.1) is 15.3 Å². The smallest absolute Gasteiger partial charge is 0.350 e. The van der Waals surface area contributed by atoms with Gasteiger partial charge >= 0.3 is 6.18 Å². The average molecular weight is 365 g/mol. The van der Waals surface area contributed by atoms with Crippen LogP contribution in [0.4, 0.5) is 19.0 Å². The van der Waals surface area contributed by atoms with Gasteiger partial charge in [0.15, 0.2) is 5.65 Å². The third-order valence-corrected chi connectivity index (χ3v) is 4.34. The molecular formula is C15H14F3N7O. The van der Waals surface area contributed by atoms with Gasteiger partial charge in [-0.05, 0) is 31.0 Å². The van der Waals surface area contributed by atoms with Gasteiger partial charge in [0.1, 0.15) is 5.82 Å². The molecule has 1 unspecified atom stereocenters. The van der Waals surface area contributed by atoms with Crippen molar-refractivity contribution in [3.05, 3.63) is 46.6 Å². The monoisotopic (exact) mass is 365 g/mol. The zero-order valence-corrected chi connectivity index (χ0v) is 13.5. The standard InChI is InChI=1S/C15H14F3N7O/c16-15(17,18)14-21-20-11-5-6-12(22-25(11)14)23-8-2-3-10(23)9-24-13(26)4-1-7-19-24/h1,4-7,10H,2-3,8-9H2. The van der Waals surface area contributed by atoms with Crippen LogP contribution in [0.1, 0.15) is 18.7 Å². The van der Waals surface area contributed by atoms with Crippen LogP contribution in [0.5, 0.6) is 0 Å². The van der Waals surface area contributed by atoms with E-state index in [-0.39, 0.29) is 17.2 Å². The van der Waals surface area contributed by atoms with E-state index in [4.69, 9.17) is 0 Å². The number of aromatic nitrogens is 6. The highest BCUT2D eigenvalue weighted by atomic mass is 19.4. The van der Waals surface area contributed by atoms with Gasteiger partial charge < -0.3 is 4.90 Å². The summed E-state index contributed by atoms with van der Waals surface area (Å²) in [4.78, 5) is 13.8. The maximum atomic E-state index is 13.0. The molecular weight excluding hydrogens is 351 g/mol. The lowest BCUT2D eigenvalue weighted by Crippen LogP contribution is -2.37. The Kier molecular flexibility index (Phi) is 3.85. The highest BCUT2D eigenvalue weighted by Crippen LogP contribution is 2.29. The largest absolute Gasteiger partial charge is 0.453 e. The van der Waals surface area contributed by atoms with Gasteiger partial charge in [-0.25, -0.2) is 4.68 Å². The molecule has 1 saturated heterocycles. The highest BCUT2D eigenvalue weighted by Gasteiger charge is 2.38. The van der Waals surface area contributed by atoms with Gasteiger partial charge in [0.25, 0.3) is 11.4 Å². The zero-order valence-electron chi connectivity index (χ0n) is 13.5. The lowest BCUT2D eigenvalue weighted by Gasteiger charge is -2.25. The van der Waals surface area contributed by atoms with Gasteiger partial charge in [-0.1, -0.05) is 0 Å². The molecule has 0 aliphatic carbocycles. The van der Waals surface area contributed by atoms with Crippen molar-refractivity contribution < 1.29 is 13.2 Å². The lowest BCUT2D eigenvalue weighted by molar-refractivity contribution is -0.146. The fourth-order valence-electron chi connectivity index (χ4n) is 3.16. The molecule has 1 aliphatic rings. The van der Waals surface area contributed by atoms with Crippen molar-refractivity contribution in [3.8, 4) is 0 Å². The van der Waals surface area contributed by atoms with Crippen LogP contribution in [-0.4, -0.2) is 42.2 Å². The molecule has 1 fully saturated rings. The van der Waals surface area contributed by atoms with E-state index < -0.39 is 12.0 Å². The molecule has 0 bridgehead atoms. The topological polar surface area (TPSA) is 81.2 Å². The van der Waals surface area contributed by atoms with Gasteiger partial charge in [-0.2, -0.15) is 22.8 Å². The molecule has 136 valence electrons. The Bertz CT molecular complexity index is 997. The number of fused-ring (bicyclic) bond motifs is 1. The summed E-state index contributed by atoms with van der Waals surface area (Å²) in [5.41, 5.74) is -0.196. The molecule has 0 amide bonds. The van der Waals surface area contributed by atoms with Crippen LogP contribution in [0.25, 0.3) is 5.65 Å². The van der Waals surface area contributed by atoms with Gasteiger partial charge in [0.2, 0.25) is 0 Å². The summed E-state index contributed by atoms with van der Waals surface area (Å²) in [5, 5.41) is 14.8. The highest BCUT2D eigenvalue weighted by molar-refractivity contribution is 5.47. The minimum atomic E-state index is -4.64. The van der Waals surface area contributed by atoms with E-state index in [2.05, 4.69) is 20.4 Å². The quantitative estimate of drug-likeness (QED) is 0.697. The van der Waals surface area contributed by atoms with Crippen LogP contribution < -0.4 is 10.5 Å². The number of hydrogen-bond acceptors (Lipinski definition) is 6. The van der Waals surface area contributed by atoms with Crippen molar-refractivity contribution in [1.29, 1.82) is 0 Å². The summed E-state index contributed by atoms with van der Waals surface area (Å²) in [5.74, 6) is -0.777. The second-order valence-electron chi connectivity index (χ2n) is 6.02. The van der Waals surface area contributed by atoms with E-state index >= 15 is 0 Å². The van der Waals surface area contributed by atoms with Crippen LogP contribution in [0.3, 0.4) is 0 Å². The Balaban J connectivity index is 1.67. The molecule has 8 nitrogen and oxygen atoms in total. The summed E-state index contributed by atoms with van der Waals surface area (Å²) >= 11 is 0. The molecule has 3 aromatic rings. The third-order valence-electron chi connectivity index (χ3n) is 4.34. The van der Waals surface area contributed by atoms with E-state index in [0.717, 1.165) is 12.8 Å². The Labute approximate surface area is 144 Å². The van der Waals surface area contributed by atoms with E-state index in [9.17, 15) is 18.0 Å². The predicted molar refractivity (Wildman–Crippen MR) is 84.6 cm³/mol. The summed E-state index contributed by atoms with van der Waals surface area (Å²) in [6, 6.07) is 5.96. The van der Waals surface area contributed by atoms with E-state index in [1.54, 1.807) is 12.1 Å². The molecule has 4 heterocycles. The SMILES string of the molecule is O=c1cccnn1CC1CCCN1c1ccc2nnc(C(F)(F)F)n2n1. The minimum Gasteiger partial charge on any atom is -0.350 e. The molecule has 3 aromatic heterocycles. The number of rotatable bonds is 3. The molecule has 11 heteroatoms. The van der Waals surface area contributed by atoms with E-state index in [1.165, 1.54) is 23.0 Å². The first-order valence-corrected chi connectivity index (χ1v) is 8.02. The van der Waals surface area contributed by atoms with Crippen molar-refractivity contribution >= 4 is 11.5 Å². The lowest BCUT2D eigenvalue weighted by atomic mass is 10.2. The zero-order chi connectivity index (χ0) is 18.3. The van der Waals surface area contributed by atoms with Gasteiger partial charge in [0, 0.05) is 18.8 Å². The van der Waals surface area contributed by atoms with Crippen molar-refractivity contribution in [2.75, 3.05) is 11.4 Å². The first-order chi connectivity index (χ1) is 12.4. The first kappa shape index (κ1) is 16.5. The third kappa shape index (κ3) is 2.89. The van der Waals surface area contributed by atoms with Gasteiger partial charge in [0.05, 0.1) is 12.6 Å². The summed E-state index contributed by atoms with van der Waals surface area (Å²) in [6.07, 6.45) is -1.48. The number of alkyl halides is 3. The van der Waals surface area contributed by atoms with E-state index in [0.29, 0.717) is 23.4 Å². The van der Waals surface area contributed by atoms with Crippen molar-refractivity contribution in [3.63, 3.8) is 0 Å². The Morgan fingerprint density at radius 1 is 1.19 bits per heavy atom. The molecule has 1 aliphatic heterocycles. The molecule has 1 atom stereocenters. The Morgan fingerprint density at radius 2 is 2.04 bits per heavy atom. The fraction of sp³-hybridized carbons (Fsp3) is 0.400. The van der Waals surface area contributed by atoms with Crippen LogP contribution in [0.15, 0.2) is 35.3 Å². The summed E-state index contributed by atoms with van der Waals surface area (Å²) in [6.45, 7) is 0.974. The number of anilines is 1. The van der Waals surface area contributed by atoms with Crippen molar-refractivity contribution in [2.24, 2.45) is 0 Å². The second-order valence-corrected chi connectivity index (χ2v) is 6.02. The predicted octanol–water partition coefficient (Wildman–Crippen LogP) is 1.37. The molecule has 0 aromatic carbocycles. The maximum absolute atomic E-state index is 13.0. The molecule has 0 radical (unpaired) electrons. The van der Waals surface area contributed by atoms with Crippen LogP contribution in [0, 0.1) is 0 Å². The molecule has 0 spiro atoms. The van der Waals surface area contributed by atoms with Gasteiger partial charge in [-0.3, -0.25) is 4.79 Å². The van der Waals surface area contributed by atoms with Crippen LogP contribution in [0.2, 0.25) is 0 Å². The molecule has 0 saturated carbocycles. The number of hydrogen-bond donors (Lipinski definition) is 0. The van der Waals surface area contributed by atoms with E-state index in [1.807, 2.05) is 4.90 Å². The molecule has 4 rings (SSSR count). The first-order valence-electron chi connectivity index (χ1n) is 8.02. The van der Waals surface area contributed by atoms with Crippen molar-refractivity contribution in [2.45, 2.75) is 31.6 Å². The second kappa shape index (κ2) is 6.07. The van der Waals surface area contributed by atoms with Crippen LogP contribution in [-0.2, 0) is 12.7 Å². The summed E-state index contributed by atoms with van der Waals surface area (Å²) < 4.78 is 41.2. The minimum absolute atomic E-state index is 0.0257. The number of nitrogens with zero attached hydrogens (tertiary/aromatic N) is 7. The average Bonchev–Trinajstić information content (AvgIpc) is 3.22.